The fourth-order valence-corrected chi connectivity index (χ4v) is 1.95. The normalized spacial score (nSPS) is 11.8. The number of carbonyl (C=O) groups is 1. The molecule has 2 aromatic heterocycles. The monoisotopic (exact) mass is 246 g/mol. The third-order valence-electron chi connectivity index (χ3n) is 2.83. The van der Waals surface area contributed by atoms with Gasteiger partial charge >= 0.3 is 5.97 Å². The van der Waals surface area contributed by atoms with Crippen LogP contribution in [0.1, 0.15) is 43.7 Å². The summed E-state index contributed by atoms with van der Waals surface area (Å²) in [6.07, 6.45) is 3.41. The summed E-state index contributed by atoms with van der Waals surface area (Å²) in [5.41, 5.74) is 2.38. The van der Waals surface area contributed by atoms with E-state index in [4.69, 9.17) is 4.74 Å². The molecule has 0 aliphatic carbocycles. The average molecular weight is 246 g/mol. The third-order valence-corrected chi connectivity index (χ3v) is 2.83. The zero-order valence-corrected chi connectivity index (χ0v) is 11.2. The molecule has 0 radical (unpaired) electrons. The Kier molecular flexibility index (Phi) is 3.11. The van der Waals surface area contributed by atoms with Gasteiger partial charge < -0.3 is 4.74 Å². The second kappa shape index (κ2) is 4.44. The number of hydrogen-bond acceptors (Lipinski definition) is 3. The van der Waals surface area contributed by atoms with Gasteiger partial charge in [-0.2, -0.15) is 0 Å². The number of imidazole rings is 1. The van der Waals surface area contributed by atoms with Crippen LogP contribution in [0.5, 0.6) is 0 Å². The number of hydrogen-bond donors (Lipinski definition) is 0. The number of nitrogens with zero attached hydrogens (tertiary/aromatic N) is 2. The van der Waals surface area contributed by atoms with Crippen molar-refractivity contribution in [3.05, 3.63) is 35.8 Å². The van der Waals surface area contributed by atoms with Gasteiger partial charge in [0.25, 0.3) is 0 Å². The van der Waals surface area contributed by atoms with E-state index in [0.29, 0.717) is 12.3 Å². The molecule has 0 aliphatic heterocycles. The molecule has 0 saturated carbocycles. The molecule has 0 atom stereocenters. The number of carbonyl (C=O) groups excluding carboxylic acids is 1. The smallest absolute Gasteiger partial charge is 0.356 e. The van der Waals surface area contributed by atoms with Gasteiger partial charge in [-0.1, -0.05) is 26.8 Å². The van der Waals surface area contributed by atoms with E-state index in [-0.39, 0.29) is 11.4 Å². The van der Waals surface area contributed by atoms with E-state index < -0.39 is 0 Å². The quantitative estimate of drug-likeness (QED) is 0.765. The molecule has 0 bridgehead atoms. The molecule has 2 heterocycles. The molecule has 0 aliphatic rings. The minimum atomic E-state index is -0.337. The first-order valence-corrected chi connectivity index (χ1v) is 6.09. The summed E-state index contributed by atoms with van der Waals surface area (Å²) < 4.78 is 6.81. The first-order valence-electron chi connectivity index (χ1n) is 6.09. The molecule has 0 aromatic carbocycles. The average Bonchev–Trinajstić information content (AvgIpc) is 2.71. The number of rotatable bonds is 2. The maximum Gasteiger partial charge on any atom is 0.356 e. The van der Waals surface area contributed by atoms with Gasteiger partial charge in [0.2, 0.25) is 0 Å². The topological polar surface area (TPSA) is 43.6 Å². The van der Waals surface area contributed by atoms with Crippen molar-refractivity contribution in [1.29, 1.82) is 0 Å². The van der Waals surface area contributed by atoms with Crippen molar-refractivity contribution in [2.45, 2.75) is 33.1 Å². The van der Waals surface area contributed by atoms with E-state index in [1.165, 1.54) is 0 Å². The Hall–Kier alpha value is -1.84. The first-order chi connectivity index (χ1) is 8.45. The van der Waals surface area contributed by atoms with Gasteiger partial charge in [-0.15, -0.1) is 0 Å². The summed E-state index contributed by atoms with van der Waals surface area (Å²) in [5.74, 6) is -0.337. The molecule has 2 aromatic rings. The van der Waals surface area contributed by atoms with Crippen molar-refractivity contribution in [2.24, 2.45) is 0 Å². The lowest BCUT2D eigenvalue weighted by atomic mass is 9.88. The highest BCUT2D eigenvalue weighted by atomic mass is 16.5. The Morgan fingerprint density at radius 1 is 1.44 bits per heavy atom. The largest absolute Gasteiger partial charge is 0.461 e. The van der Waals surface area contributed by atoms with Crippen molar-refractivity contribution in [3.63, 3.8) is 0 Å². The van der Waals surface area contributed by atoms with E-state index >= 15 is 0 Å². The van der Waals surface area contributed by atoms with Gasteiger partial charge in [-0.05, 0) is 18.4 Å². The molecule has 96 valence electrons. The van der Waals surface area contributed by atoms with Crippen LogP contribution in [0.3, 0.4) is 0 Å². The van der Waals surface area contributed by atoms with E-state index in [2.05, 4.69) is 25.8 Å². The van der Waals surface area contributed by atoms with E-state index in [0.717, 1.165) is 11.2 Å². The van der Waals surface area contributed by atoms with Gasteiger partial charge in [0.1, 0.15) is 5.65 Å². The summed E-state index contributed by atoms with van der Waals surface area (Å²) in [6.45, 7) is 8.54. The number of aromatic nitrogens is 2. The van der Waals surface area contributed by atoms with E-state index in [1.54, 1.807) is 17.5 Å². The maximum atomic E-state index is 11.8. The Bertz CT molecular complexity index is 579. The SMILES string of the molecule is CCOC(=O)c1cnc2c(C(C)(C)C)cccn12. The van der Waals surface area contributed by atoms with Crippen molar-refractivity contribution in [1.82, 2.24) is 9.38 Å². The predicted octanol–water partition coefficient (Wildman–Crippen LogP) is 2.81. The minimum Gasteiger partial charge on any atom is -0.461 e. The minimum absolute atomic E-state index is 0.0141. The highest BCUT2D eigenvalue weighted by Crippen LogP contribution is 2.26. The molecule has 4 nitrogen and oxygen atoms in total. The number of esters is 1. The Morgan fingerprint density at radius 3 is 2.78 bits per heavy atom. The number of fused-ring (bicyclic) bond motifs is 1. The summed E-state index contributed by atoms with van der Waals surface area (Å²) in [6, 6.07) is 3.97. The van der Waals surface area contributed by atoms with Crippen molar-refractivity contribution < 1.29 is 9.53 Å². The van der Waals surface area contributed by atoms with Gasteiger partial charge in [0, 0.05) is 11.8 Å². The Balaban J connectivity index is 2.59. The summed E-state index contributed by atoms with van der Waals surface area (Å²) in [7, 11) is 0. The lowest BCUT2D eigenvalue weighted by Crippen LogP contribution is -2.14. The molecule has 2 rings (SSSR count). The summed E-state index contributed by atoms with van der Waals surface area (Å²) >= 11 is 0. The number of ether oxygens (including phenoxy) is 1. The predicted molar refractivity (Wildman–Crippen MR) is 69.8 cm³/mol. The highest BCUT2D eigenvalue weighted by molar-refractivity contribution is 5.88. The van der Waals surface area contributed by atoms with Gasteiger partial charge in [-0.3, -0.25) is 4.40 Å². The van der Waals surface area contributed by atoms with Crippen LogP contribution < -0.4 is 0 Å². The van der Waals surface area contributed by atoms with Gasteiger partial charge in [-0.25, -0.2) is 9.78 Å². The second-order valence-corrected chi connectivity index (χ2v) is 5.23. The molecule has 0 unspecified atom stereocenters. The lowest BCUT2D eigenvalue weighted by Gasteiger charge is -2.19. The molecule has 0 N–H and O–H groups in total. The van der Waals surface area contributed by atoms with Gasteiger partial charge in [0.05, 0.1) is 12.8 Å². The maximum absolute atomic E-state index is 11.8. The van der Waals surface area contributed by atoms with E-state index in [1.807, 2.05) is 18.3 Å². The summed E-state index contributed by atoms with van der Waals surface area (Å²) in [4.78, 5) is 16.1. The molecule has 0 saturated heterocycles. The van der Waals surface area contributed by atoms with Gasteiger partial charge in [0.15, 0.2) is 5.69 Å². The van der Waals surface area contributed by atoms with Crippen LogP contribution in [-0.4, -0.2) is 22.0 Å². The fraction of sp³-hybridized carbons (Fsp3) is 0.429. The van der Waals surface area contributed by atoms with E-state index in [9.17, 15) is 4.79 Å². The Morgan fingerprint density at radius 2 is 2.17 bits per heavy atom. The standard InChI is InChI=1S/C14H18N2O2/c1-5-18-13(17)11-9-15-12-10(14(2,3)4)7-6-8-16(11)12/h6-9H,5H2,1-4H3. The zero-order chi connectivity index (χ0) is 13.3. The van der Waals surface area contributed by atoms with Crippen LogP contribution in [-0.2, 0) is 10.2 Å². The van der Waals surface area contributed by atoms with Crippen LogP contribution in [0.2, 0.25) is 0 Å². The van der Waals surface area contributed by atoms with Crippen LogP contribution in [0.15, 0.2) is 24.5 Å². The van der Waals surface area contributed by atoms with Crippen LogP contribution in [0, 0.1) is 0 Å². The molecule has 0 fully saturated rings. The second-order valence-electron chi connectivity index (χ2n) is 5.23. The summed E-state index contributed by atoms with van der Waals surface area (Å²) in [5, 5.41) is 0. The van der Waals surface area contributed by atoms with Crippen molar-refractivity contribution in [2.75, 3.05) is 6.61 Å². The van der Waals surface area contributed by atoms with Crippen LogP contribution >= 0.6 is 0 Å². The van der Waals surface area contributed by atoms with Crippen molar-refractivity contribution in [3.8, 4) is 0 Å². The third kappa shape index (κ3) is 2.10. The molecular formula is C14H18N2O2. The molecule has 18 heavy (non-hydrogen) atoms. The molecule has 0 amide bonds. The first kappa shape index (κ1) is 12.6. The van der Waals surface area contributed by atoms with Crippen LogP contribution in [0.25, 0.3) is 5.65 Å². The highest BCUT2D eigenvalue weighted by Gasteiger charge is 2.21. The lowest BCUT2D eigenvalue weighted by molar-refractivity contribution is 0.0518. The molecular weight excluding hydrogens is 228 g/mol. The van der Waals surface area contributed by atoms with Crippen LogP contribution in [0.4, 0.5) is 0 Å². The van der Waals surface area contributed by atoms with Crippen molar-refractivity contribution >= 4 is 11.6 Å². The molecule has 4 heteroatoms. The fourth-order valence-electron chi connectivity index (χ4n) is 1.95. The zero-order valence-electron chi connectivity index (χ0n) is 11.2. The number of pyridine rings is 1. The Labute approximate surface area is 107 Å². The molecule has 0 spiro atoms.